The minimum atomic E-state index is -0.463. The van der Waals surface area contributed by atoms with Crippen LogP contribution in [0, 0.1) is 40.9 Å². The topological polar surface area (TPSA) is 193 Å². The van der Waals surface area contributed by atoms with Crippen LogP contribution in [0.5, 0.6) is 28.7 Å². The Bertz CT molecular complexity index is 2840. The highest BCUT2D eigenvalue weighted by atomic mass is 35.5. The van der Waals surface area contributed by atoms with Crippen LogP contribution in [0.1, 0.15) is 144 Å². The first-order chi connectivity index (χ1) is 38.2. The van der Waals surface area contributed by atoms with Gasteiger partial charge in [0.1, 0.15) is 35.4 Å². The van der Waals surface area contributed by atoms with Crippen molar-refractivity contribution in [3.8, 4) is 28.7 Å². The number of allylic oxidation sites excluding steroid dienone is 1. The summed E-state index contributed by atoms with van der Waals surface area (Å²) in [7, 11) is 3.07. The zero-order valence-electron chi connectivity index (χ0n) is 47.0. The van der Waals surface area contributed by atoms with E-state index < -0.39 is 23.2 Å². The zero-order valence-corrected chi connectivity index (χ0v) is 48.6. The summed E-state index contributed by atoms with van der Waals surface area (Å²) in [5.74, 6) is -2.46. The molecule has 0 N–H and O–H groups in total. The monoisotopic (exact) mass is 1140 g/mol. The molecule has 4 aromatic rings. The molecule has 3 fully saturated rings. The summed E-state index contributed by atoms with van der Waals surface area (Å²) in [6, 6.07) is 20.5. The van der Waals surface area contributed by atoms with Crippen LogP contribution in [0.2, 0.25) is 4.34 Å². The first-order valence-corrected chi connectivity index (χ1v) is 29.0. The third-order valence-corrected chi connectivity index (χ3v) is 16.5. The highest BCUT2D eigenvalue weighted by molar-refractivity contribution is 7.18. The standard InChI is InChI=1S/C63H75ClO15S/c1-62(2,3)38-63(4,5)50-37-49(77-59(69)43-14-10-41(11-15-43)57(67)75-35-34-72-6)26-29-53(50)79-61(71)45-16-12-40(13-17-45)56(66)74-33-32-39-8-23-47(24-9-39)76-58(68)42-18-20-44(21-19-42)60(70)78-52-28-25-48(73-7)36-46(52)22-27-51(65)54-30-31-55(64)80-54/h8-9,22-31,36-37,40-45H,10-21,32-35,38H2,1-7H3/b27-22+. The van der Waals surface area contributed by atoms with Crippen LogP contribution >= 0.6 is 22.9 Å². The van der Waals surface area contributed by atoms with E-state index in [-0.39, 0.29) is 83.7 Å². The second kappa shape index (κ2) is 28.4. The van der Waals surface area contributed by atoms with Gasteiger partial charge < -0.3 is 37.9 Å². The van der Waals surface area contributed by atoms with Gasteiger partial charge in [-0.25, -0.2) is 0 Å². The Kier molecular flexibility index (Phi) is 21.7. The van der Waals surface area contributed by atoms with Gasteiger partial charge in [0, 0.05) is 24.7 Å². The van der Waals surface area contributed by atoms with Gasteiger partial charge in [0.25, 0.3) is 0 Å². The molecule has 15 nitrogen and oxygen atoms in total. The molecular weight excluding hydrogens is 1060 g/mol. The molecule has 0 bridgehead atoms. The van der Waals surface area contributed by atoms with Gasteiger partial charge in [-0.15, -0.1) is 11.3 Å². The quantitative estimate of drug-likeness (QED) is 0.0237. The molecule has 0 spiro atoms. The van der Waals surface area contributed by atoms with E-state index in [1.165, 1.54) is 24.5 Å². The van der Waals surface area contributed by atoms with Gasteiger partial charge >= 0.3 is 35.8 Å². The van der Waals surface area contributed by atoms with Crippen molar-refractivity contribution in [1.29, 1.82) is 0 Å². The summed E-state index contributed by atoms with van der Waals surface area (Å²) in [5, 5.41) is 0. The Morgan fingerprint density at radius 3 is 1.49 bits per heavy atom. The summed E-state index contributed by atoms with van der Waals surface area (Å²) in [6.07, 6.45) is 10.0. The fourth-order valence-corrected chi connectivity index (χ4v) is 12.1. The maximum absolute atomic E-state index is 13.8. The maximum atomic E-state index is 13.8. The number of benzene rings is 3. The summed E-state index contributed by atoms with van der Waals surface area (Å²) in [6.45, 7) is 11.3. The molecule has 0 atom stereocenters. The highest BCUT2D eigenvalue weighted by Crippen LogP contribution is 2.43. The van der Waals surface area contributed by atoms with Gasteiger partial charge in [-0.05, 0) is 173 Å². The van der Waals surface area contributed by atoms with E-state index in [2.05, 4.69) is 34.6 Å². The summed E-state index contributed by atoms with van der Waals surface area (Å²) < 4.78 is 45.5. The van der Waals surface area contributed by atoms with Crippen LogP contribution in [0.15, 0.2) is 78.9 Å². The van der Waals surface area contributed by atoms with Crippen LogP contribution in [-0.4, -0.2) is 75.6 Å². The van der Waals surface area contributed by atoms with Crippen molar-refractivity contribution in [2.75, 3.05) is 34.0 Å². The number of ketones is 1. The van der Waals surface area contributed by atoms with E-state index in [0.29, 0.717) is 128 Å². The van der Waals surface area contributed by atoms with Crippen molar-refractivity contribution in [3.05, 3.63) is 105 Å². The number of hydrogen-bond donors (Lipinski definition) is 0. The molecule has 7 rings (SSSR count). The maximum Gasteiger partial charge on any atom is 0.314 e. The number of hydrogen-bond acceptors (Lipinski definition) is 16. The minimum Gasteiger partial charge on any atom is -0.497 e. The van der Waals surface area contributed by atoms with E-state index >= 15 is 0 Å². The zero-order chi connectivity index (χ0) is 57.6. The number of ether oxygens (including phenoxy) is 8. The van der Waals surface area contributed by atoms with Gasteiger partial charge in [-0.2, -0.15) is 0 Å². The molecule has 0 saturated heterocycles. The smallest absolute Gasteiger partial charge is 0.314 e. The number of esters is 6. The van der Waals surface area contributed by atoms with Crippen LogP contribution in [0.3, 0.4) is 0 Å². The van der Waals surface area contributed by atoms with Crippen molar-refractivity contribution in [2.45, 2.75) is 130 Å². The largest absolute Gasteiger partial charge is 0.497 e. The molecule has 3 aliphatic rings. The Morgan fingerprint density at radius 2 is 0.988 bits per heavy atom. The number of rotatable bonds is 22. The highest BCUT2D eigenvalue weighted by Gasteiger charge is 2.37. The molecule has 17 heteroatoms. The lowest BCUT2D eigenvalue weighted by Gasteiger charge is -2.34. The predicted octanol–water partition coefficient (Wildman–Crippen LogP) is 12.7. The Labute approximate surface area is 478 Å². The van der Waals surface area contributed by atoms with Crippen molar-refractivity contribution < 1.29 is 71.5 Å². The Hall–Kier alpha value is -6.36. The fraction of sp³-hybridized carbons (Fsp3) is 0.508. The SMILES string of the molecule is COCCOC(=O)C1CCC(C(=O)Oc2ccc(OC(=O)C3CCC(C(=O)OCCc4ccc(OC(=O)C5CCC(C(=O)Oc6ccc(OC)cc6/C=C/C(=O)c6ccc(Cl)s6)CC5)cc4)CC3)c(C(C)(C)CC(C)(C)C)c2)CC1. The number of thiophene rings is 1. The first-order valence-electron chi connectivity index (χ1n) is 27.8. The lowest BCUT2D eigenvalue weighted by atomic mass is 9.72. The Balaban J connectivity index is 0.822. The molecule has 0 aliphatic heterocycles. The second-order valence-electron chi connectivity index (χ2n) is 23.0. The molecule has 430 valence electrons. The minimum absolute atomic E-state index is 0.0691. The van der Waals surface area contributed by atoms with Crippen LogP contribution in [0.4, 0.5) is 0 Å². The van der Waals surface area contributed by atoms with Crippen LogP contribution < -0.4 is 23.7 Å². The third-order valence-electron chi connectivity index (χ3n) is 15.2. The normalized spacial score (nSPS) is 20.5. The second-order valence-corrected chi connectivity index (χ2v) is 24.8. The summed E-state index contributed by atoms with van der Waals surface area (Å²) in [5.41, 5.74) is 1.61. The number of carbonyl (C=O) groups excluding carboxylic acids is 7. The lowest BCUT2D eigenvalue weighted by Crippen LogP contribution is -2.31. The predicted molar refractivity (Wildman–Crippen MR) is 302 cm³/mol. The van der Waals surface area contributed by atoms with Crippen LogP contribution in [-0.2, 0) is 54.8 Å². The Morgan fingerprint density at radius 1 is 0.525 bits per heavy atom. The fourth-order valence-electron chi connectivity index (χ4n) is 11.1. The molecule has 3 saturated carbocycles. The molecule has 0 radical (unpaired) electrons. The van der Waals surface area contributed by atoms with Crippen molar-refractivity contribution in [1.82, 2.24) is 0 Å². The molecule has 3 aliphatic carbocycles. The van der Waals surface area contributed by atoms with Gasteiger partial charge in [-0.1, -0.05) is 58.4 Å². The average molecular weight is 1140 g/mol. The van der Waals surface area contributed by atoms with E-state index in [1.807, 2.05) is 12.1 Å². The molecule has 1 heterocycles. The van der Waals surface area contributed by atoms with E-state index in [1.54, 1.807) is 73.8 Å². The van der Waals surface area contributed by atoms with Gasteiger partial charge in [0.05, 0.1) is 65.0 Å². The molecule has 1 aromatic heterocycles. The van der Waals surface area contributed by atoms with Crippen molar-refractivity contribution in [3.63, 3.8) is 0 Å². The van der Waals surface area contributed by atoms with Crippen LogP contribution in [0.25, 0.3) is 6.08 Å². The number of halogens is 1. The molecule has 3 aromatic carbocycles. The van der Waals surface area contributed by atoms with Gasteiger partial charge in [0.15, 0.2) is 5.78 Å². The summed E-state index contributed by atoms with van der Waals surface area (Å²) >= 11 is 7.17. The third kappa shape index (κ3) is 17.6. The molecular formula is C63H75ClO15S. The number of carbonyl (C=O) groups is 7. The van der Waals surface area contributed by atoms with Crippen molar-refractivity contribution in [2.24, 2.45) is 40.9 Å². The molecule has 0 amide bonds. The molecule has 0 unspecified atom stereocenters. The van der Waals surface area contributed by atoms with E-state index in [9.17, 15) is 33.6 Å². The van der Waals surface area contributed by atoms with E-state index in [4.69, 9.17) is 49.5 Å². The van der Waals surface area contributed by atoms with E-state index in [0.717, 1.165) is 17.5 Å². The number of methoxy groups -OCH3 is 2. The lowest BCUT2D eigenvalue weighted by molar-refractivity contribution is -0.153. The summed E-state index contributed by atoms with van der Waals surface area (Å²) in [4.78, 5) is 92.5. The van der Waals surface area contributed by atoms with Gasteiger partial charge in [0.2, 0.25) is 0 Å². The average Bonchev–Trinajstić information content (AvgIpc) is 3.90. The first kappa shape index (κ1) is 61.3. The molecule has 80 heavy (non-hydrogen) atoms. The van der Waals surface area contributed by atoms with Crippen molar-refractivity contribution >= 4 is 70.6 Å². The van der Waals surface area contributed by atoms with Gasteiger partial charge in [-0.3, -0.25) is 33.6 Å².